The van der Waals surface area contributed by atoms with Crippen LogP contribution in [0.15, 0.2) is 12.4 Å². The Morgan fingerprint density at radius 3 is 1.60 bits per heavy atom. The van der Waals surface area contributed by atoms with Crippen molar-refractivity contribution >= 4 is 8.25 Å². The molecule has 0 unspecified atom stereocenters. The van der Waals surface area contributed by atoms with Crippen molar-refractivity contribution in [1.82, 2.24) is 14.1 Å². The topological polar surface area (TPSA) is 71.3 Å². The van der Waals surface area contributed by atoms with E-state index in [4.69, 9.17) is 14.4 Å². The van der Waals surface area contributed by atoms with Gasteiger partial charge in [-0.3, -0.25) is 4.57 Å². The minimum atomic E-state index is -3.13. The number of hydrogen-bond acceptors (Lipinski definition) is 1. The number of aryl methyl sites for hydroxylation is 1. The number of aromatic nitrogens is 3. The molecule has 2 rings (SSSR count). The van der Waals surface area contributed by atoms with Gasteiger partial charge in [0.1, 0.15) is 0 Å². The molecule has 0 amide bonds. The van der Waals surface area contributed by atoms with Crippen LogP contribution in [0.25, 0.3) is 0 Å². The van der Waals surface area contributed by atoms with Gasteiger partial charge in [0, 0.05) is 7.05 Å². The molecule has 2 aromatic heterocycles. The summed E-state index contributed by atoms with van der Waals surface area (Å²) in [5, 5.41) is 0. The van der Waals surface area contributed by atoms with E-state index in [1.807, 2.05) is 33.5 Å². The second kappa shape index (κ2) is 2.49. The third-order valence-electron chi connectivity index (χ3n) is 1.11. The molecule has 0 saturated heterocycles. The van der Waals surface area contributed by atoms with E-state index in [1.54, 1.807) is 0 Å². The molecule has 2 heterocycles. The van der Waals surface area contributed by atoms with E-state index in [0.29, 0.717) is 0 Å². The Morgan fingerprint density at radius 2 is 1.60 bits per heavy atom. The fraction of sp³-hybridized carbons (Fsp3) is 0.333. The Labute approximate surface area is 57.1 Å². The largest absolute Gasteiger partial charge is 0.326 e. The summed E-state index contributed by atoms with van der Waals surface area (Å²) in [5.74, 6) is 0. The first kappa shape index (κ1) is 7.40. The summed E-state index contributed by atoms with van der Waals surface area (Å²) in [6.45, 7) is 0. The Bertz CT molecular complexity index is 280. The molecule has 0 fully saturated rings. The van der Waals surface area contributed by atoms with Crippen molar-refractivity contribution in [2.24, 2.45) is 7.05 Å². The molecule has 0 aliphatic carbocycles. The highest BCUT2D eigenvalue weighted by Crippen LogP contribution is 1.98. The van der Waals surface area contributed by atoms with E-state index < -0.39 is 8.25 Å². The first-order valence-corrected chi connectivity index (χ1v) is 3.85. The van der Waals surface area contributed by atoms with E-state index >= 15 is 0 Å². The summed E-state index contributed by atoms with van der Waals surface area (Å²) in [6.07, 6.45) is 4.00. The third kappa shape index (κ3) is 1.41. The maximum Gasteiger partial charge on any atom is 0.314 e. The molecule has 6 nitrogen and oxygen atoms in total. The lowest BCUT2D eigenvalue weighted by atomic mass is 10.9. The Kier molecular flexibility index (Phi) is 1.85. The van der Waals surface area contributed by atoms with Gasteiger partial charge < -0.3 is 9.79 Å². The van der Waals surface area contributed by atoms with Gasteiger partial charge in [-0.15, -0.1) is 0 Å². The van der Waals surface area contributed by atoms with Crippen LogP contribution in [0.5, 0.6) is 0 Å². The van der Waals surface area contributed by atoms with Crippen LogP contribution in [-0.4, -0.2) is 23.8 Å². The second-order valence-electron chi connectivity index (χ2n) is 1.71. The molecule has 0 aromatic carbocycles. The SMILES string of the molecule is Cn1n2ccn12.O=[PH](O)O. The molecule has 2 aromatic rings. The standard InChI is InChI=1S/C3H5N3.H3O3P/c1-4-5-2-3-6(4)5;1-4(2)3/h2-3H,1H3;4H,(H2,1,2,3). The van der Waals surface area contributed by atoms with Gasteiger partial charge >= 0.3 is 8.25 Å². The fourth-order valence-corrected chi connectivity index (χ4v) is 0.598. The van der Waals surface area contributed by atoms with Gasteiger partial charge in [-0.05, 0) is 0 Å². The lowest BCUT2D eigenvalue weighted by Gasteiger charge is -1.69. The predicted molar refractivity (Wildman–Crippen MR) is 34.4 cm³/mol. The third-order valence-corrected chi connectivity index (χ3v) is 1.11. The lowest BCUT2D eigenvalue weighted by molar-refractivity contribution is 0.405. The predicted octanol–water partition coefficient (Wildman–Crippen LogP) is -0.824. The van der Waals surface area contributed by atoms with Gasteiger partial charge in [0.15, 0.2) is 0 Å². The quantitative estimate of drug-likeness (QED) is 0.501. The molecule has 0 saturated carbocycles. The molecular weight excluding hydrogens is 157 g/mol. The van der Waals surface area contributed by atoms with Crippen LogP contribution in [0.4, 0.5) is 0 Å². The van der Waals surface area contributed by atoms with Crippen molar-refractivity contribution in [3.05, 3.63) is 12.4 Å². The van der Waals surface area contributed by atoms with E-state index in [-0.39, 0.29) is 0 Å². The minimum absolute atomic E-state index is 2.00. The molecule has 0 aliphatic heterocycles. The van der Waals surface area contributed by atoms with Crippen LogP contribution in [0.2, 0.25) is 0 Å². The summed E-state index contributed by atoms with van der Waals surface area (Å²) in [7, 11) is -1.13. The van der Waals surface area contributed by atoms with Crippen LogP contribution in [0, 0.1) is 0 Å². The zero-order chi connectivity index (χ0) is 7.72. The number of nitrogens with zero attached hydrogens (tertiary/aromatic N) is 3. The summed E-state index contributed by atoms with van der Waals surface area (Å²) >= 11 is 0. The number of hydrogen-bond donors (Lipinski definition) is 2. The molecular formula is C3H8N3O3P. The highest BCUT2D eigenvalue weighted by Gasteiger charge is 2.03. The van der Waals surface area contributed by atoms with Gasteiger partial charge in [0.05, 0.1) is 12.4 Å². The highest BCUT2D eigenvalue weighted by atomic mass is 31.1. The van der Waals surface area contributed by atoms with Crippen LogP contribution in [-0.2, 0) is 11.6 Å². The molecule has 0 radical (unpaired) electrons. The molecule has 0 aliphatic rings. The average Bonchev–Trinajstić information content (AvgIpc) is 1.98. The van der Waals surface area contributed by atoms with Gasteiger partial charge in [0.2, 0.25) is 0 Å². The minimum Gasteiger partial charge on any atom is -0.326 e. The summed E-state index contributed by atoms with van der Waals surface area (Å²) in [4.78, 5) is 16.3. The zero-order valence-corrected chi connectivity index (χ0v) is 6.30. The number of rotatable bonds is 0. The van der Waals surface area contributed by atoms with E-state index in [2.05, 4.69) is 0 Å². The van der Waals surface area contributed by atoms with Crippen LogP contribution >= 0.6 is 8.25 Å². The lowest BCUT2D eigenvalue weighted by Crippen LogP contribution is -1.75. The van der Waals surface area contributed by atoms with Crippen LogP contribution in [0.1, 0.15) is 0 Å². The zero-order valence-electron chi connectivity index (χ0n) is 5.30. The Balaban J connectivity index is 0.000000112. The molecule has 58 valence electrons. The normalized spacial score (nSPS) is 10.8. The van der Waals surface area contributed by atoms with E-state index in [1.165, 1.54) is 0 Å². The first-order chi connectivity index (χ1) is 4.63. The molecule has 0 spiro atoms. The van der Waals surface area contributed by atoms with Crippen molar-refractivity contribution in [2.45, 2.75) is 0 Å². The van der Waals surface area contributed by atoms with Gasteiger partial charge in [-0.25, -0.2) is 0 Å². The molecule has 10 heavy (non-hydrogen) atoms. The maximum absolute atomic E-state index is 8.74. The number of fused-ring (bicyclic) bond motifs is 1. The van der Waals surface area contributed by atoms with E-state index in [9.17, 15) is 0 Å². The Morgan fingerprint density at radius 1 is 1.30 bits per heavy atom. The van der Waals surface area contributed by atoms with Crippen molar-refractivity contribution in [1.29, 1.82) is 0 Å². The second-order valence-corrected chi connectivity index (χ2v) is 2.28. The molecule has 0 atom stereocenters. The van der Waals surface area contributed by atoms with Crippen LogP contribution < -0.4 is 0 Å². The molecule has 0 bridgehead atoms. The summed E-state index contributed by atoms with van der Waals surface area (Å²) in [6, 6.07) is 0. The average molecular weight is 165 g/mol. The summed E-state index contributed by atoms with van der Waals surface area (Å²) < 4.78 is 12.7. The first-order valence-electron chi connectivity index (χ1n) is 2.55. The van der Waals surface area contributed by atoms with Gasteiger partial charge in [-0.2, -0.15) is 14.1 Å². The fourth-order valence-electron chi connectivity index (χ4n) is 0.598. The summed E-state index contributed by atoms with van der Waals surface area (Å²) in [5.41, 5.74) is 0. The van der Waals surface area contributed by atoms with Gasteiger partial charge in [-0.1, -0.05) is 0 Å². The maximum atomic E-state index is 8.74. The van der Waals surface area contributed by atoms with Crippen LogP contribution in [0.3, 0.4) is 0 Å². The highest BCUT2D eigenvalue weighted by molar-refractivity contribution is 7.30. The molecule has 7 heteroatoms. The van der Waals surface area contributed by atoms with E-state index in [0.717, 1.165) is 0 Å². The van der Waals surface area contributed by atoms with Crippen molar-refractivity contribution in [3.63, 3.8) is 0 Å². The molecule has 2 N–H and O–H groups in total. The Hall–Kier alpha value is -0.710. The van der Waals surface area contributed by atoms with Crippen molar-refractivity contribution in [3.8, 4) is 0 Å². The van der Waals surface area contributed by atoms with Crippen molar-refractivity contribution in [2.75, 3.05) is 0 Å². The monoisotopic (exact) mass is 165 g/mol. The smallest absolute Gasteiger partial charge is 0.314 e. The van der Waals surface area contributed by atoms with Crippen molar-refractivity contribution < 1.29 is 14.4 Å². The van der Waals surface area contributed by atoms with Gasteiger partial charge in [0.25, 0.3) is 0 Å².